The van der Waals surface area contributed by atoms with Gasteiger partial charge in [0.25, 0.3) is 0 Å². The zero-order valence-electron chi connectivity index (χ0n) is 18.4. The number of rotatable bonds is 5. The van der Waals surface area contributed by atoms with Crippen LogP contribution in [0.2, 0.25) is 0 Å². The minimum absolute atomic E-state index is 0.0417. The van der Waals surface area contributed by atoms with E-state index in [0.717, 1.165) is 0 Å². The highest BCUT2D eigenvalue weighted by atomic mass is 16.7. The largest absolute Gasteiger partial charge is 0.504 e. The Kier molecular flexibility index (Phi) is 6.56. The van der Waals surface area contributed by atoms with Gasteiger partial charge >= 0.3 is 0 Å². The number of hydrogen-bond donors (Lipinski definition) is 6. The number of aliphatic hydroxyl groups is 4. The third kappa shape index (κ3) is 4.12. The fourth-order valence-corrected chi connectivity index (χ4v) is 4.13. The molecule has 0 aliphatic carbocycles. The van der Waals surface area contributed by atoms with Gasteiger partial charge < -0.3 is 49.6 Å². The molecule has 0 radical (unpaired) electrons. The number of phenolic OH excluding ortho intramolecular Hbond substituents is 2. The quantitative estimate of drug-likeness (QED) is 0.326. The molecule has 2 aliphatic rings. The molecule has 1 saturated heterocycles. The fourth-order valence-electron chi connectivity index (χ4n) is 4.13. The van der Waals surface area contributed by atoms with Crippen LogP contribution in [0, 0.1) is 6.92 Å². The monoisotopic (exact) mass is 478 g/mol. The Labute approximate surface area is 194 Å². The maximum absolute atomic E-state index is 13.0. The van der Waals surface area contributed by atoms with E-state index in [9.17, 15) is 35.4 Å². The van der Waals surface area contributed by atoms with Crippen LogP contribution >= 0.6 is 0 Å². The number of hydrogen-bond acceptors (Lipinski definition) is 11. The molecule has 0 amide bonds. The van der Waals surface area contributed by atoms with E-state index in [4.69, 9.17) is 18.9 Å². The number of phenols is 2. The summed E-state index contributed by atoms with van der Waals surface area (Å²) >= 11 is 0. The molecule has 184 valence electrons. The normalized spacial score (nSPS) is 28.7. The molecule has 6 atom stereocenters. The van der Waals surface area contributed by atoms with E-state index in [1.165, 1.54) is 31.4 Å². The third-order valence-electron chi connectivity index (χ3n) is 6.03. The van der Waals surface area contributed by atoms with Gasteiger partial charge in [-0.15, -0.1) is 0 Å². The summed E-state index contributed by atoms with van der Waals surface area (Å²) in [7, 11) is 1.37. The molecule has 0 aromatic heterocycles. The molecule has 11 heteroatoms. The maximum Gasteiger partial charge on any atom is 0.229 e. The number of Topliss-reactive ketones (excluding diaryl/α,β-unsaturated/α-hetero) is 1. The Hall–Kier alpha value is -3.09. The minimum Gasteiger partial charge on any atom is -0.504 e. The van der Waals surface area contributed by atoms with Gasteiger partial charge in [0.05, 0.1) is 20.1 Å². The number of ketones is 1. The SMILES string of the molecule is COc1c(C)c(O[C@@H]2O[C@H](CO)[C@@H](O)[C@H](O)[C@H]2O)cc2c1C(=O)C[C@@H](c1ccc(O)c(O)c1)O2. The van der Waals surface area contributed by atoms with Gasteiger partial charge in [0, 0.05) is 11.6 Å². The Bertz CT molecular complexity index is 1080. The number of methoxy groups -OCH3 is 1. The van der Waals surface area contributed by atoms with E-state index in [2.05, 4.69) is 0 Å². The molecule has 6 N–H and O–H groups in total. The number of ether oxygens (including phenoxy) is 4. The van der Waals surface area contributed by atoms with Crippen LogP contribution in [0.3, 0.4) is 0 Å². The molecule has 1 fully saturated rings. The summed E-state index contributed by atoms with van der Waals surface area (Å²) < 4.78 is 22.6. The van der Waals surface area contributed by atoms with E-state index in [0.29, 0.717) is 11.1 Å². The van der Waals surface area contributed by atoms with Crippen molar-refractivity contribution in [2.24, 2.45) is 0 Å². The molecule has 0 bridgehead atoms. The molecule has 0 unspecified atom stereocenters. The minimum atomic E-state index is -1.63. The van der Waals surface area contributed by atoms with Gasteiger partial charge in [0.15, 0.2) is 17.3 Å². The average Bonchev–Trinajstić information content (AvgIpc) is 2.81. The number of aromatic hydroxyl groups is 2. The van der Waals surface area contributed by atoms with Crippen LogP contribution in [0.4, 0.5) is 0 Å². The molecule has 34 heavy (non-hydrogen) atoms. The first-order valence-electron chi connectivity index (χ1n) is 10.6. The van der Waals surface area contributed by atoms with E-state index < -0.39 is 43.4 Å². The fraction of sp³-hybridized carbons (Fsp3) is 0.435. The van der Waals surface area contributed by atoms with Gasteiger partial charge in [0.1, 0.15) is 53.3 Å². The van der Waals surface area contributed by atoms with Gasteiger partial charge in [-0.2, -0.15) is 0 Å². The molecular weight excluding hydrogens is 452 g/mol. The second-order valence-corrected chi connectivity index (χ2v) is 8.20. The molecule has 0 saturated carbocycles. The number of carbonyl (C=O) groups excluding carboxylic acids is 1. The van der Waals surface area contributed by atoms with Gasteiger partial charge in [-0.25, -0.2) is 0 Å². The van der Waals surface area contributed by atoms with Crippen molar-refractivity contribution in [3.8, 4) is 28.7 Å². The van der Waals surface area contributed by atoms with Crippen LogP contribution in [-0.4, -0.2) is 80.8 Å². The molecule has 0 spiro atoms. The molecule has 2 heterocycles. The number of carbonyl (C=O) groups is 1. The lowest BCUT2D eigenvalue weighted by molar-refractivity contribution is -0.277. The topological polar surface area (TPSA) is 175 Å². The lowest BCUT2D eigenvalue weighted by Gasteiger charge is -2.40. The summed E-state index contributed by atoms with van der Waals surface area (Å²) in [6.45, 7) is 1.01. The second kappa shape index (κ2) is 9.28. The summed E-state index contributed by atoms with van der Waals surface area (Å²) in [4.78, 5) is 13.0. The third-order valence-corrected chi connectivity index (χ3v) is 6.03. The molecule has 2 aromatic carbocycles. The maximum atomic E-state index is 13.0. The van der Waals surface area contributed by atoms with Crippen molar-refractivity contribution >= 4 is 5.78 Å². The molecular formula is C23H26O11. The first-order valence-corrected chi connectivity index (χ1v) is 10.6. The van der Waals surface area contributed by atoms with Crippen LogP contribution in [0.15, 0.2) is 24.3 Å². The second-order valence-electron chi connectivity index (χ2n) is 8.20. The van der Waals surface area contributed by atoms with Crippen molar-refractivity contribution in [1.82, 2.24) is 0 Å². The van der Waals surface area contributed by atoms with Gasteiger partial charge in [-0.1, -0.05) is 6.07 Å². The number of fused-ring (bicyclic) bond motifs is 1. The highest BCUT2D eigenvalue weighted by molar-refractivity contribution is 6.03. The van der Waals surface area contributed by atoms with Crippen molar-refractivity contribution in [2.45, 2.75) is 50.2 Å². The Morgan fingerprint density at radius 1 is 1.06 bits per heavy atom. The molecule has 4 rings (SSSR count). The molecule has 11 nitrogen and oxygen atoms in total. The van der Waals surface area contributed by atoms with Crippen LogP contribution in [0.1, 0.15) is 34.0 Å². The highest BCUT2D eigenvalue weighted by Gasteiger charge is 2.45. The first-order chi connectivity index (χ1) is 16.2. The lowest BCUT2D eigenvalue weighted by atomic mass is 9.93. The van der Waals surface area contributed by atoms with Gasteiger partial charge in [0.2, 0.25) is 6.29 Å². The zero-order valence-corrected chi connectivity index (χ0v) is 18.4. The first kappa shape index (κ1) is 24.0. The number of aliphatic hydroxyl groups excluding tert-OH is 4. The van der Waals surface area contributed by atoms with E-state index >= 15 is 0 Å². The van der Waals surface area contributed by atoms with Crippen LogP contribution in [0.5, 0.6) is 28.7 Å². The molecule has 2 aliphatic heterocycles. The van der Waals surface area contributed by atoms with E-state index in [1.54, 1.807) is 6.92 Å². The summed E-state index contributed by atoms with van der Waals surface area (Å²) in [6, 6.07) is 5.53. The summed E-state index contributed by atoms with van der Waals surface area (Å²) in [5.74, 6) is -0.517. The van der Waals surface area contributed by atoms with Crippen molar-refractivity contribution in [2.75, 3.05) is 13.7 Å². The summed E-state index contributed by atoms with van der Waals surface area (Å²) in [6.07, 6.45) is -8.20. The van der Waals surface area contributed by atoms with E-state index in [1.807, 2.05) is 0 Å². The molecule has 2 aromatic rings. The van der Waals surface area contributed by atoms with Gasteiger partial charge in [-0.3, -0.25) is 4.79 Å². The van der Waals surface area contributed by atoms with Crippen LogP contribution in [0.25, 0.3) is 0 Å². The van der Waals surface area contributed by atoms with Gasteiger partial charge in [-0.05, 0) is 24.6 Å². The lowest BCUT2D eigenvalue weighted by Crippen LogP contribution is -2.60. The van der Waals surface area contributed by atoms with Crippen LogP contribution < -0.4 is 14.2 Å². The zero-order chi connectivity index (χ0) is 24.7. The standard InChI is InChI=1S/C23H26O11/c1-9-14(33-23-21(30)20(29)19(28)17(8-24)34-23)7-16-18(22(9)31-2)13(27)6-15(32-16)10-3-4-11(25)12(26)5-10/h3-5,7,15,17,19-21,23-26,28-30H,6,8H2,1-2H3/t15-,17+,19+,20-,21+,23+/m0/s1. The Balaban J connectivity index is 1.69. The van der Waals surface area contributed by atoms with Crippen LogP contribution in [-0.2, 0) is 4.74 Å². The van der Waals surface area contributed by atoms with Crippen molar-refractivity contribution in [3.63, 3.8) is 0 Å². The Morgan fingerprint density at radius 2 is 1.79 bits per heavy atom. The number of benzene rings is 2. The smallest absolute Gasteiger partial charge is 0.229 e. The van der Waals surface area contributed by atoms with Crippen molar-refractivity contribution < 1.29 is 54.4 Å². The van der Waals surface area contributed by atoms with Crippen molar-refractivity contribution in [1.29, 1.82) is 0 Å². The highest BCUT2D eigenvalue weighted by Crippen LogP contribution is 2.46. The average molecular weight is 478 g/mol. The van der Waals surface area contributed by atoms with E-state index in [-0.39, 0.29) is 46.5 Å². The predicted octanol–water partition coefficient (Wildman–Crippen LogP) is 0.300. The van der Waals surface area contributed by atoms with Crippen molar-refractivity contribution in [3.05, 3.63) is 41.0 Å². The predicted molar refractivity (Wildman–Crippen MR) is 114 cm³/mol. The summed E-state index contributed by atoms with van der Waals surface area (Å²) in [5.41, 5.74) is 1.06. The Morgan fingerprint density at radius 3 is 2.44 bits per heavy atom. The summed E-state index contributed by atoms with van der Waals surface area (Å²) in [5, 5.41) is 59.1.